The molecular weight excluding hydrogens is 344 g/mol. The Morgan fingerprint density at radius 1 is 1.26 bits per heavy atom. The van der Waals surface area contributed by atoms with Gasteiger partial charge in [-0.2, -0.15) is 0 Å². The van der Waals surface area contributed by atoms with Gasteiger partial charge < -0.3 is 14.6 Å². The van der Waals surface area contributed by atoms with E-state index >= 15 is 0 Å². The highest BCUT2D eigenvalue weighted by molar-refractivity contribution is 5.92. The number of aliphatic hydroxyl groups excluding tert-OH is 1. The number of carbonyl (C=O) groups excluding carboxylic acids is 2. The molecule has 3 aliphatic carbocycles. The third-order valence-electron chi connectivity index (χ3n) is 7.99. The van der Waals surface area contributed by atoms with E-state index in [1.807, 2.05) is 0 Å². The number of fused-ring (bicyclic) bond motifs is 2. The molecule has 2 fully saturated rings. The minimum Gasteiger partial charge on any atom is -0.454 e. The molecule has 0 radical (unpaired) electrons. The SMILES string of the molecule is CC(=O)O[C@H]1C(=O)[C@H]2[C@H]3OCC4=C3[C@@](C)(CC[C@@H]4O)CC[C@]2(C)[C@H]1C(C)C. The molecule has 5 heteroatoms. The van der Waals surface area contributed by atoms with Crippen molar-refractivity contribution in [2.45, 2.75) is 78.6 Å². The lowest BCUT2D eigenvalue weighted by Crippen LogP contribution is -2.40. The molecule has 0 bridgehead atoms. The zero-order chi connectivity index (χ0) is 19.7. The van der Waals surface area contributed by atoms with Crippen molar-refractivity contribution >= 4 is 11.8 Å². The minimum absolute atomic E-state index is 0.00876. The molecule has 1 aliphatic heterocycles. The van der Waals surface area contributed by atoms with E-state index in [-0.39, 0.29) is 40.5 Å². The molecule has 0 unspecified atom stereocenters. The number of ketones is 1. The van der Waals surface area contributed by atoms with Crippen molar-refractivity contribution in [3.05, 3.63) is 11.1 Å². The number of carbonyl (C=O) groups is 2. The predicted octanol–water partition coefficient (Wildman–Crippen LogP) is 3.05. The summed E-state index contributed by atoms with van der Waals surface area (Å²) in [4.78, 5) is 25.3. The normalized spacial score (nSPS) is 46.3. The third-order valence-corrected chi connectivity index (χ3v) is 7.99. The van der Waals surface area contributed by atoms with E-state index in [0.717, 1.165) is 31.3 Å². The van der Waals surface area contributed by atoms with E-state index in [4.69, 9.17) is 9.47 Å². The molecule has 4 rings (SSSR count). The average Bonchev–Trinajstić information content (AvgIpc) is 3.06. The van der Waals surface area contributed by atoms with Crippen LogP contribution in [0.1, 0.15) is 60.3 Å². The van der Waals surface area contributed by atoms with Crippen LogP contribution in [0, 0.1) is 28.6 Å². The molecule has 0 spiro atoms. The Hall–Kier alpha value is -1.20. The Morgan fingerprint density at radius 2 is 1.96 bits per heavy atom. The van der Waals surface area contributed by atoms with Crippen LogP contribution in [0.5, 0.6) is 0 Å². The van der Waals surface area contributed by atoms with Crippen LogP contribution in [0.15, 0.2) is 11.1 Å². The van der Waals surface area contributed by atoms with Crippen LogP contribution in [0.25, 0.3) is 0 Å². The lowest BCUT2D eigenvalue weighted by Gasteiger charge is -2.39. The van der Waals surface area contributed by atoms with E-state index in [9.17, 15) is 14.7 Å². The monoisotopic (exact) mass is 376 g/mol. The molecule has 0 saturated heterocycles. The Labute approximate surface area is 161 Å². The molecule has 0 amide bonds. The average molecular weight is 376 g/mol. The zero-order valence-corrected chi connectivity index (χ0v) is 17.1. The van der Waals surface area contributed by atoms with Crippen LogP contribution >= 0.6 is 0 Å². The summed E-state index contributed by atoms with van der Waals surface area (Å²) in [6.45, 7) is 10.5. The van der Waals surface area contributed by atoms with Gasteiger partial charge in [0.1, 0.15) is 0 Å². The summed E-state index contributed by atoms with van der Waals surface area (Å²) in [5.74, 6) is -0.491. The van der Waals surface area contributed by atoms with Crippen molar-refractivity contribution < 1.29 is 24.2 Å². The first-order chi connectivity index (χ1) is 12.6. The van der Waals surface area contributed by atoms with Crippen LogP contribution in [0.2, 0.25) is 0 Å². The topological polar surface area (TPSA) is 72.8 Å². The van der Waals surface area contributed by atoms with Crippen LogP contribution in [0.4, 0.5) is 0 Å². The lowest BCUT2D eigenvalue weighted by atomic mass is 9.66. The summed E-state index contributed by atoms with van der Waals surface area (Å²) in [5, 5.41) is 10.5. The maximum absolute atomic E-state index is 13.6. The summed E-state index contributed by atoms with van der Waals surface area (Å²) in [6, 6.07) is 0. The molecule has 0 aromatic carbocycles. The Bertz CT molecular complexity index is 709. The second-order valence-corrected chi connectivity index (χ2v) is 9.97. The first-order valence-corrected chi connectivity index (χ1v) is 10.3. The van der Waals surface area contributed by atoms with E-state index < -0.39 is 18.2 Å². The van der Waals surface area contributed by atoms with Gasteiger partial charge in [-0.1, -0.05) is 27.7 Å². The zero-order valence-electron chi connectivity index (χ0n) is 17.1. The second kappa shape index (κ2) is 6.15. The van der Waals surface area contributed by atoms with Gasteiger partial charge in [0.2, 0.25) is 0 Å². The number of esters is 1. The van der Waals surface area contributed by atoms with Gasteiger partial charge in [0, 0.05) is 12.8 Å². The van der Waals surface area contributed by atoms with Crippen molar-refractivity contribution in [1.29, 1.82) is 0 Å². The lowest BCUT2D eigenvalue weighted by molar-refractivity contribution is -0.155. The molecule has 4 aliphatic rings. The van der Waals surface area contributed by atoms with Crippen LogP contribution in [-0.4, -0.2) is 41.8 Å². The van der Waals surface area contributed by atoms with Crippen LogP contribution in [0.3, 0.4) is 0 Å². The summed E-state index contributed by atoms with van der Waals surface area (Å²) in [5.41, 5.74) is 1.89. The third kappa shape index (κ3) is 2.57. The summed E-state index contributed by atoms with van der Waals surface area (Å²) in [6.07, 6.45) is 2.16. The highest BCUT2D eigenvalue weighted by Crippen LogP contribution is 2.63. The van der Waals surface area contributed by atoms with Gasteiger partial charge in [-0.05, 0) is 53.6 Å². The summed E-state index contributed by atoms with van der Waals surface area (Å²) < 4.78 is 11.8. The minimum atomic E-state index is -0.691. The second-order valence-electron chi connectivity index (χ2n) is 9.97. The summed E-state index contributed by atoms with van der Waals surface area (Å²) >= 11 is 0. The first-order valence-electron chi connectivity index (χ1n) is 10.3. The maximum atomic E-state index is 13.6. The number of ether oxygens (including phenoxy) is 2. The Kier molecular flexibility index (Phi) is 4.36. The fourth-order valence-corrected chi connectivity index (χ4v) is 6.83. The maximum Gasteiger partial charge on any atom is 0.303 e. The van der Waals surface area contributed by atoms with Crippen LogP contribution < -0.4 is 0 Å². The number of hydrogen-bond donors (Lipinski definition) is 1. The molecule has 150 valence electrons. The Balaban J connectivity index is 1.84. The van der Waals surface area contributed by atoms with Crippen LogP contribution in [-0.2, 0) is 19.1 Å². The molecule has 27 heavy (non-hydrogen) atoms. The number of Topliss-reactive ketones (excluding diaryl/α,β-unsaturated/α-hetero) is 1. The smallest absolute Gasteiger partial charge is 0.303 e. The van der Waals surface area contributed by atoms with E-state index in [2.05, 4.69) is 27.7 Å². The number of rotatable bonds is 2. The highest BCUT2D eigenvalue weighted by atomic mass is 16.5. The van der Waals surface area contributed by atoms with Gasteiger partial charge in [-0.3, -0.25) is 9.59 Å². The molecule has 1 heterocycles. The van der Waals surface area contributed by atoms with Gasteiger partial charge in [0.15, 0.2) is 11.9 Å². The first kappa shape index (κ1) is 19.1. The van der Waals surface area contributed by atoms with Gasteiger partial charge in [0.05, 0.1) is 24.7 Å². The molecule has 2 saturated carbocycles. The van der Waals surface area contributed by atoms with Gasteiger partial charge in [-0.25, -0.2) is 0 Å². The van der Waals surface area contributed by atoms with Gasteiger partial charge >= 0.3 is 5.97 Å². The molecule has 7 atom stereocenters. The van der Waals surface area contributed by atoms with Crippen molar-refractivity contribution in [2.75, 3.05) is 6.61 Å². The summed E-state index contributed by atoms with van der Waals surface area (Å²) in [7, 11) is 0. The van der Waals surface area contributed by atoms with E-state index in [0.29, 0.717) is 6.61 Å². The standard InChI is InChI=1S/C22H32O5/c1-11(2)15-20(27-12(3)23)18(25)17-19-16-13(10-26-19)14(24)6-7-21(16,4)8-9-22(15,17)5/h11,14-15,17,19-20,24H,6-10H2,1-5H3/t14-,15-,17-,19-,20+,21-,22+/m0/s1. The molecule has 0 aromatic rings. The predicted molar refractivity (Wildman–Crippen MR) is 99.8 cm³/mol. The molecule has 5 nitrogen and oxygen atoms in total. The molecule has 0 aromatic heterocycles. The molecular formula is C22H32O5. The number of aliphatic hydroxyl groups is 1. The van der Waals surface area contributed by atoms with E-state index in [1.54, 1.807) is 0 Å². The fraction of sp³-hybridized carbons (Fsp3) is 0.818. The van der Waals surface area contributed by atoms with Crippen molar-refractivity contribution in [3.8, 4) is 0 Å². The fourth-order valence-electron chi connectivity index (χ4n) is 6.83. The van der Waals surface area contributed by atoms with Crippen molar-refractivity contribution in [3.63, 3.8) is 0 Å². The van der Waals surface area contributed by atoms with Gasteiger partial charge in [0.25, 0.3) is 0 Å². The van der Waals surface area contributed by atoms with Gasteiger partial charge in [-0.15, -0.1) is 0 Å². The van der Waals surface area contributed by atoms with E-state index in [1.165, 1.54) is 12.5 Å². The Morgan fingerprint density at radius 3 is 2.59 bits per heavy atom. The quantitative estimate of drug-likeness (QED) is 0.592. The molecule has 1 N–H and O–H groups in total. The van der Waals surface area contributed by atoms with Crippen molar-refractivity contribution in [2.24, 2.45) is 28.6 Å². The number of hydrogen-bond acceptors (Lipinski definition) is 5. The largest absolute Gasteiger partial charge is 0.454 e. The highest BCUT2D eigenvalue weighted by Gasteiger charge is 2.66. The van der Waals surface area contributed by atoms with Crippen molar-refractivity contribution in [1.82, 2.24) is 0 Å².